The molecule has 0 aliphatic carbocycles. The maximum absolute atomic E-state index is 12.2. The van der Waals surface area contributed by atoms with Crippen LogP contribution in [-0.2, 0) is 4.79 Å². The van der Waals surface area contributed by atoms with Crippen LogP contribution in [0.4, 0.5) is 5.69 Å². The van der Waals surface area contributed by atoms with E-state index in [2.05, 4.69) is 16.9 Å². The fraction of sp³-hybridized carbons (Fsp3) is 0.0526. The van der Waals surface area contributed by atoms with Crippen molar-refractivity contribution in [3.63, 3.8) is 0 Å². The van der Waals surface area contributed by atoms with Gasteiger partial charge in [0.1, 0.15) is 12.4 Å². The number of ether oxygens (including phenoxy) is 1. The molecular formula is C19H14Cl2N2O2S. The molecule has 3 rings (SSSR count). The van der Waals surface area contributed by atoms with Crippen LogP contribution in [0, 0.1) is 0 Å². The van der Waals surface area contributed by atoms with E-state index in [1.54, 1.807) is 30.4 Å². The zero-order valence-electron chi connectivity index (χ0n) is 13.5. The molecule has 1 aliphatic heterocycles. The van der Waals surface area contributed by atoms with Gasteiger partial charge in [-0.25, -0.2) is 4.99 Å². The number of thioether (sulfide) groups is 1. The molecule has 1 aliphatic rings. The van der Waals surface area contributed by atoms with Crippen molar-refractivity contribution in [3.8, 4) is 5.75 Å². The SMILES string of the molecule is C=CCOc1ccc(/C=C2\SC(=Nc3ccc(Cl)cc3Cl)NC2=O)cc1. The highest BCUT2D eigenvalue weighted by molar-refractivity contribution is 8.18. The van der Waals surface area contributed by atoms with Gasteiger partial charge in [-0.05, 0) is 53.7 Å². The second-order valence-electron chi connectivity index (χ2n) is 5.25. The third-order valence-electron chi connectivity index (χ3n) is 3.33. The number of hydrogen-bond acceptors (Lipinski definition) is 4. The standard InChI is InChI=1S/C19H14Cl2N2O2S/c1-2-9-25-14-6-3-12(4-7-14)10-17-18(24)23-19(26-17)22-16-8-5-13(20)11-15(16)21/h2-8,10-11H,1,9H2,(H,22,23,24)/b17-10-. The van der Waals surface area contributed by atoms with E-state index in [0.717, 1.165) is 11.3 Å². The summed E-state index contributed by atoms with van der Waals surface area (Å²) in [7, 11) is 0. The molecule has 1 amide bonds. The van der Waals surface area contributed by atoms with Gasteiger partial charge in [-0.2, -0.15) is 0 Å². The van der Waals surface area contributed by atoms with Crippen molar-refractivity contribution in [2.75, 3.05) is 6.61 Å². The Labute approximate surface area is 165 Å². The number of nitrogens with zero attached hydrogens (tertiary/aromatic N) is 1. The van der Waals surface area contributed by atoms with Crippen molar-refractivity contribution in [1.82, 2.24) is 5.32 Å². The topological polar surface area (TPSA) is 50.7 Å². The monoisotopic (exact) mass is 404 g/mol. The molecule has 132 valence electrons. The molecule has 4 nitrogen and oxygen atoms in total. The number of rotatable bonds is 5. The van der Waals surface area contributed by atoms with Gasteiger partial charge in [0, 0.05) is 5.02 Å². The smallest absolute Gasteiger partial charge is 0.264 e. The highest BCUT2D eigenvalue weighted by atomic mass is 35.5. The van der Waals surface area contributed by atoms with Gasteiger partial charge in [0.25, 0.3) is 5.91 Å². The Morgan fingerprint density at radius 1 is 1.19 bits per heavy atom. The predicted molar refractivity (Wildman–Crippen MR) is 109 cm³/mol. The van der Waals surface area contributed by atoms with Crippen LogP contribution >= 0.6 is 35.0 Å². The molecule has 1 fully saturated rings. The second kappa shape index (κ2) is 8.45. The number of nitrogens with one attached hydrogen (secondary N) is 1. The van der Waals surface area contributed by atoms with Crippen molar-refractivity contribution in [1.29, 1.82) is 0 Å². The molecule has 26 heavy (non-hydrogen) atoms. The van der Waals surface area contributed by atoms with E-state index in [9.17, 15) is 4.79 Å². The summed E-state index contributed by atoms with van der Waals surface area (Å²) in [4.78, 5) is 17.1. The minimum absolute atomic E-state index is 0.203. The van der Waals surface area contributed by atoms with E-state index in [1.165, 1.54) is 11.8 Å². The molecule has 1 saturated heterocycles. The molecule has 0 spiro atoms. The molecule has 7 heteroatoms. The average molecular weight is 405 g/mol. The van der Waals surface area contributed by atoms with E-state index in [-0.39, 0.29) is 5.91 Å². The van der Waals surface area contributed by atoms with Gasteiger partial charge in [0.15, 0.2) is 5.17 Å². The molecule has 0 unspecified atom stereocenters. The number of halogens is 2. The van der Waals surface area contributed by atoms with Gasteiger partial charge >= 0.3 is 0 Å². The normalized spacial score (nSPS) is 16.8. The Morgan fingerprint density at radius 3 is 2.65 bits per heavy atom. The summed E-state index contributed by atoms with van der Waals surface area (Å²) in [5, 5.41) is 4.16. The largest absolute Gasteiger partial charge is 0.490 e. The summed E-state index contributed by atoms with van der Waals surface area (Å²) in [6.07, 6.45) is 3.48. The molecule has 2 aromatic carbocycles. The zero-order valence-corrected chi connectivity index (χ0v) is 15.9. The lowest BCUT2D eigenvalue weighted by Crippen LogP contribution is -2.19. The minimum atomic E-state index is -0.203. The number of carbonyl (C=O) groups excluding carboxylic acids is 1. The Morgan fingerprint density at radius 2 is 1.96 bits per heavy atom. The summed E-state index contributed by atoms with van der Waals surface area (Å²) in [6, 6.07) is 12.5. The van der Waals surface area contributed by atoms with Crippen LogP contribution in [0.3, 0.4) is 0 Å². The van der Waals surface area contributed by atoms with E-state index in [1.807, 2.05) is 24.3 Å². The van der Waals surface area contributed by atoms with E-state index in [0.29, 0.717) is 32.4 Å². The van der Waals surface area contributed by atoms with Crippen LogP contribution in [0.2, 0.25) is 10.0 Å². The number of carbonyl (C=O) groups is 1. The van der Waals surface area contributed by atoms with Crippen molar-refractivity contribution in [2.24, 2.45) is 4.99 Å². The summed E-state index contributed by atoms with van der Waals surface area (Å²) in [5.41, 5.74) is 1.43. The predicted octanol–water partition coefficient (Wildman–Crippen LogP) is 5.45. The van der Waals surface area contributed by atoms with Gasteiger partial charge in [-0.1, -0.05) is 48.0 Å². The summed E-state index contributed by atoms with van der Waals surface area (Å²) in [6.45, 7) is 4.06. The number of aliphatic imine (C=N–C) groups is 1. The van der Waals surface area contributed by atoms with Crippen LogP contribution in [0.1, 0.15) is 5.56 Å². The lowest BCUT2D eigenvalue weighted by atomic mass is 10.2. The van der Waals surface area contributed by atoms with Crippen LogP contribution in [0.15, 0.2) is 65.0 Å². The average Bonchev–Trinajstić information content (AvgIpc) is 2.96. The van der Waals surface area contributed by atoms with Crippen LogP contribution in [0.25, 0.3) is 6.08 Å². The number of amidine groups is 1. The zero-order chi connectivity index (χ0) is 18.5. The quantitative estimate of drug-likeness (QED) is 0.532. The highest BCUT2D eigenvalue weighted by Crippen LogP contribution is 2.32. The maximum atomic E-state index is 12.2. The minimum Gasteiger partial charge on any atom is -0.490 e. The lowest BCUT2D eigenvalue weighted by molar-refractivity contribution is -0.115. The lowest BCUT2D eigenvalue weighted by Gasteiger charge is -2.03. The maximum Gasteiger partial charge on any atom is 0.264 e. The summed E-state index contributed by atoms with van der Waals surface area (Å²) >= 11 is 13.2. The molecule has 0 saturated carbocycles. The first-order chi connectivity index (χ1) is 12.5. The first-order valence-electron chi connectivity index (χ1n) is 7.63. The fourth-order valence-corrected chi connectivity index (χ4v) is 3.41. The molecule has 0 atom stereocenters. The first kappa shape index (κ1) is 18.6. The van der Waals surface area contributed by atoms with Crippen LogP contribution in [0.5, 0.6) is 5.75 Å². The third kappa shape index (κ3) is 4.69. The number of hydrogen-bond donors (Lipinski definition) is 1. The Bertz CT molecular complexity index is 908. The van der Waals surface area contributed by atoms with Crippen molar-refractivity contribution < 1.29 is 9.53 Å². The molecule has 0 radical (unpaired) electrons. The fourth-order valence-electron chi connectivity index (χ4n) is 2.13. The Balaban J connectivity index is 1.75. The molecule has 0 aromatic heterocycles. The first-order valence-corrected chi connectivity index (χ1v) is 9.21. The highest BCUT2D eigenvalue weighted by Gasteiger charge is 2.24. The number of benzene rings is 2. The molecule has 1 N–H and O–H groups in total. The molecule has 0 bridgehead atoms. The number of amides is 1. The van der Waals surface area contributed by atoms with Crippen molar-refractivity contribution in [3.05, 3.63) is 75.6 Å². The molecule has 1 heterocycles. The van der Waals surface area contributed by atoms with Gasteiger partial charge in [0.05, 0.1) is 15.6 Å². The van der Waals surface area contributed by atoms with Gasteiger partial charge < -0.3 is 10.1 Å². The van der Waals surface area contributed by atoms with Gasteiger partial charge in [-0.3, -0.25) is 4.79 Å². The third-order valence-corrected chi connectivity index (χ3v) is 4.78. The molecule has 2 aromatic rings. The van der Waals surface area contributed by atoms with E-state index >= 15 is 0 Å². The van der Waals surface area contributed by atoms with Crippen molar-refractivity contribution in [2.45, 2.75) is 0 Å². The summed E-state index contributed by atoms with van der Waals surface area (Å²) < 4.78 is 5.44. The van der Waals surface area contributed by atoms with E-state index in [4.69, 9.17) is 27.9 Å². The Kier molecular flexibility index (Phi) is 6.04. The Hall–Kier alpha value is -2.21. The molecular weight excluding hydrogens is 391 g/mol. The van der Waals surface area contributed by atoms with Crippen LogP contribution < -0.4 is 10.1 Å². The van der Waals surface area contributed by atoms with Crippen molar-refractivity contribution >= 4 is 57.8 Å². The van der Waals surface area contributed by atoms with E-state index < -0.39 is 0 Å². The second-order valence-corrected chi connectivity index (χ2v) is 7.12. The van der Waals surface area contributed by atoms with Crippen LogP contribution in [-0.4, -0.2) is 17.7 Å². The van der Waals surface area contributed by atoms with Gasteiger partial charge in [-0.15, -0.1) is 0 Å². The summed E-state index contributed by atoms with van der Waals surface area (Å²) in [5.74, 6) is 0.543. The van der Waals surface area contributed by atoms with Gasteiger partial charge in [0.2, 0.25) is 0 Å².